The Morgan fingerprint density at radius 2 is 2.04 bits per heavy atom. The third-order valence-electron chi connectivity index (χ3n) is 4.28. The number of nitrogens with one attached hydrogen (secondary N) is 1. The van der Waals surface area contributed by atoms with E-state index in [4.69, 9.17) is 9.47 Å². The molecule has 0 saturated heterocycles. The normalized spacial score (nSPS) is 11.9. The van der Waals surface area contributed by atoms with Crippen LogP contribution >= 0.6 is 0 Å². The first-order valence-corrected chi connectivity index (χ1v) is 8.03. The van der Waals surface area contributed by atoms with Crippen molar-refractivity contribution < 1.29 is 19.4 Å². The molecule has 2 rings (SSSR count). The van der Waals surface area contributed by atoms with Crippen molar-refractivity contribution in [3.63, 3.8) is 0 Å². The van der Waals surface area contributed by atoms with Crippen molar-refractivity contribution >= 4 is 5.91 Å². The summed E-state index contributed by atoms with van der Waals surface area (Å²) in [5.41, 5.74) is 3.28. The fraction of sp³-hybridized carbons (Fsp3) is 0.444. The van der Waals surface area contributed by atoms with E-state index in [0.29, 0.717) is 17.1 Å². The van der Waals surface area contributed by atoms with Gasteiger partial charge in [-0.3, -0.25) is 9.48 Å². The number of aliphatic hydroxyl groups excluding tert-OH is 1. The van der Waals surface area contributed by atoms with Crippen LogP contribution in [0.3, 0.4) is 0 Å². The highest BCUT2D eigenvalue weighted by Crippen LogP contribution is 2.29. The quantitative estimate of drug-likeness (QED) is 0.792. The molecular weight excluding hydrogens is 322 g/mol. The number of aliphatic hydroxyl groups is 1. The minimum atomic E-state index is -0.898. The Labute approximate surface area is 147 Å². The number of carbonyl (C=O) groups excluding carboxylic acids is 1. The minimum absolute atomic E-state index is 0.0840. The molecule has 2 aromatic rings. The van der Waals surface area contributed by atoms with Crippen LogP contribution in [0, 0.1) is 13.8 Å². The number of ether oxygens (including phenoxy) is 2. The van der Waals surface area contributed by atoms with Gasteiger partial charge in [-0.2, -0.15) is 5.10 Å². The van der Waals surface area contributed by atoms with Gasteiger partial charge in [0.15, 0.2) is 0 Å². The second-order valence-corrected chi connectivity index (χ2v) is 5.88. The number of methoxy groups -OCH3 is 2. The fourth-order valence-corrected chi connectivity index (χ4v) is 2.72. The first kappa shape index (κ1) is 18.8. The van der Waals surface area contributed by atoms with Crippen molar-refractivity contribution in [3.8, 4) is 11.5 Å². The highest BCUT2D eigenvalue weighted by Gasteiger charge is 2.17. The molecule has 1 aromatic heterocycles. The lowest BCUT2D eigenvalue weighted by atomic mass is 10.1. The smallest absolute Gasteiger partial charge is 0.224 e. The number of aryl methyl sites for hydroxylation is 2. The van der Waals surface area contributed by atoms with Gasteiger partial charge in [-0.25, -0.2) is 0 Å². The largest absolute Gasteiger partial charge is 0.497 e. The summed E-state index contributed by atoms with van der Waals surface area (Å²) in [7, 11) is 4.94. The van der Waals surface area contributed by atoms with Crippen LogP contribution in [0.15, 0.2) is 18.2 Å². The van der Waals surface area contributed by atoms with Gasteiger partial charge in [-0.05, 0) is 32.0 Å². The Morgan fingerprint density at radius 3 is 2.60 bits per heavy atom. The predicted octanol–water partition coefficient (Wildman–Crippen LogP) is 1.45. The third-order valence-corrected chi connectivity index (χ3v) is 4.28. The molecule has 1 heterocycles. The molecule has 136 valence electrons. The molecule has 2 N–H and O–H groups in total. The molecule has 0 saturated carbocycles. The van der Waals surface area contributed by atoms with Gasteiger partial charge in [-0.15, -0.1) is 0 Å². The molecule has 0 aliphatic rings. The van der Waals surface area contributed by atoms with Gasteiger partial charge >= 0.3 is 0 Å². The Hall–Kier alpha value is -2.54. The van der Waals surface area contributed by atoms with Crippen molar-refractivity contribution in [1.82, 2.24) is 15.1 Å². The van der Waals surface area contributed by atoms with Gasteiger partial charge in [0.25, 0.3) is 0 Å². The van der Waals surface area contributed by atoms with E-state index in [-0.39, 0.29) is 18.9 Å². The summed E-state index contributed by atoms with van der Waals surface area (Å²) < 4.78 is 12.2. The maximum atomic E-state index is 12.2. The summed E-state index contributed by atoms with van der Waals surface area (Å²) in [6.45, 7) is 3.89. The second-order valence-electron chi connectivity index (χ2n) is 5.88. The molecule has 0 fully saturated rings. The lowest BCUT2D eigenvalue weighted by Crippen LogP contribution is -2.30. The van der Waals surface area contributed by atoms with Crippen LogP contribution in [0.5, 0.6) is 11.5 Å². The van der Waals surface area contributed by atoms with Crippen LogP contribution < -0.4 is 14.8 Å². The van der Waals surface area contributed by atoms with Gasteiger partial charge in [0.2, 0.25) is 5.91 Å². The number of amides is 1. The van der Waals surface area contributed by atoms with Crippen LogP contribution in [0.25, 0.3) is 0 Å². The maximum Gasteiger partial charge on any atom is 0.224 e. The number of carbonyl (C=O) groups is 1. The molecule has 0 radical (unpaired) electrons. The van der Waals surface area contributed by atoms with E-state index >= 15 is 0 Å². The lowest BCUT2D eigenvalue weighted by Gasteiger charge is -2.16. The molecule has 7 nitrogen and oxygen atoms in total. The number of hydrogen-bond donors (Lipinski definition) is 2. The topological polar surface area (TPSA) is 85.6 Å². The summed E-state index contributed by atoms with van der Waals surface area (Å²) in [6, 6.07) is 5.17. The van der Waals surface area contributed by atoms with Crippen LogP contribution in [0.4, 0.5) is 0 Å². The van der Waals surface area contributed by atoms with Gasteiger partial charge in [0, 0.05) is 30.4 Å². The fourth-order valence-electron chi connectivity index (χ4n) is 2.72. The van der Waals surface area contributed by atoms with E-state index in [1.165, 1.54) is 7.11 Å². The lowest BCUT2D eigenvalue weighted by molar-refractivity contribution is -0.120. The Morgan fingerprint density at radius 1 is 1.32 bits per heavy atom. The van der Waals surface area contributed by atoms with Crippen LogP contribution in [0.1, 0.15) is 28.6 Å². The molecule has 0 bridgehead atoms. The Bertz CT molecular complexity index is 755. The average Bonchev–Trinajstić information content (AvgIpc) is 2.85. The van der Waals surface area contributed by atoms with Crippen molar-refractivity contribution in [2.45, 2.75) is 26.4 Å². The second kappa shape index (κ2) is 8.02. The number of hydrogen-bond acceptors (Lipinski definition) is 5. The summed E-state index contributed by atoms with van der Waals surface area (Å²) >= 11 is 0. The number of aromatic nitrogens is 2. The number of benzene rings is 1. The van der Waals surface area contributed by atoms with Crippen LogP contribution in [-0.2, 0) is 18.3 Å². The predicted molar refractivity (Wildman–Crippen MR) is 93.9 cm³/mol. The molecular formula is C18H25N3O4. The third kappa shape index (κ3) is 4.30. The zero-order valence-electron chi connectivity index (χ0n) is 15.3. The van der Waals surface area contributed by atoms with E-state index in [2.05, 4.69) is 10.4 Å². The number of nitrogens with zero attached hydrogens (tertiary/aromatic N) is 2. The Balaban J connectivity index is 2.02. The zero-order chi connectivity index (χ0) is 18.6. The van der Waals surface area contributed by atoms with Crippen molar-refractivity contribution in [2.75, 3.05) is 20.8 Å². The van der Waals surface area contributed by atoms with Gasteiger partial charge in [0.05, 0.1) is 32.4 Å². The van der Waals surface area contributed by atoms with E-state index in [0.717, 1.165) is 17.0 Å². The van der Waals surface area contributed by atoms with Crippen LogP contribution in [-0.4, -0.2) is 41.6 Å². The SMILES string of the molecule is COc1ccc(OC)c(C(O)CNC(=O)Cc2c(C)nn(C)c2C)c1. The first-order valence-electron chi connectivity index (χ1n) is 8.03. The molecule has 0 aliphatic carbocycles. The van der Waals surface area contributed by atoms with E-state index in [1.54, 1.807) is 30.0 Å². The molecule has 0 spiro atoms. The first-order chi connectivity index (χ1) is 11.9. The minimum Gasteiger partial charge on any atom is -0.497 e. The average molecular weight is 347 g/mol. The summed E-state index contributed by atoms with van der Waals surface area (Å²) in [5, 5.41) is 17.5. The monoisotopic (exact) mass is 347 g/mol. The van der Waals surface area contributed by atoms with Crippen molar-refractivity contribution in [2.24, 2.45) is 7.05 Å². The number of rotatable bonds is 7. The van der Waals surface area contributed by atoms with Crippen molar-refractivity contribution in [1.29, 1.82) is 0 Å². The summed E-state index contributed by atoms with van der Waals surface area (Å²) in [6.07, 6.45) is -0.668. The molecule has 1 aromatic carbocycles. The van der Waals surface area contributed by atoms with E-state index in [1.807, 2.05) is 20.9 Å². The van der Waals surface area contributed by atoms with E-state index < -0.39 is 6.10 Å². The highest BCUT2D eigenvalue weighted by atomic mass is 16.5. The summed E-state index contributed by atoms with van der Waals surface area (Å²) in [4.78, 5) is 12.2. The molecule has 7 heteroatoms. The molecule has 0 aliphatic heterocycles. The van der Waals surface area contributed by atoms with E-state index in [9.17, 15) is 9.90 Å². The molecule has 1 atom stereocenters. The van der Waals surface area contributed by atoms with Gasteiger partial charge in [0.1, 0.15) is 11.5 Å². The standard InChI is InChI=1S/C18H25N3O4/c1-11-14(12(2)21(3)20-11)9-18(23)19-10-16(22)15-8-13(24-4)6-7-17(15)25-5/h6-8,16,22H,9-10H2,1-5H3,(H,19,23). The molecule has 1 unspecified atom stereocenters. The van der Waals surface area contributed by atoms with Crippen molar-refractivity contribution in [3.05, 3.63) is 40.7 Å². The van der Waals surface area contributed by atoms with Gasteiger partial charge in [-0.1, -0.05) is 0 Å². The molecule has 25 heavy (non-hydrogen) atoms. The highest BCUT2D eigenvalue weighted by molar-refractivity contribution is 5.79. The summed E-state index contributed by atoms with van der Waals surface area (Å²) in [5.74, 6) is 0.990. The Kier molecular flexibility index (Phi) is 6.03. The zero-order valence-corrected chi connectivity index (χ0v) is 15.3. The van der Waals surface area contributed by atoms with Gasteiger partial charge < -0.3 is 19.9 Å². The maximum absolute atomic E-state index is 12.2. The molecule has 1 amide bonds. The van der Waals surface area contributed by atoms with Crippen LogP contribution in [0.2, 0.25) is 0 Å².